The van der Waals surface area contributed by atoms with E-state index in [9.17, 15) is 9.67 Å². The van der Waals surface area contributed by atoms with Gasteiger partial charge in [0.1, 0.15) is 24.1 Å². The fourth-order valence-corrected chi connectivity index (χ4v) is 2.80. The summed E-state index contributed by atoms with van der Waals surface area (Å²) in [7, 11) is -3.05. The first-order valence-corrected chi connectivity index (χ1v) is 8.57. The number of imidazole rings is 1. The summed E-state index contributed by atoms with van der Waals surface area (Å²) in [6.45, 7) is 0. The third-order valence-electron chi connectivity index (χ3n) is 3.51. The SMILES string of the molecule is CO[C@@H]1C(O)[C@@H](OCP(=O)(O)O)O[C@H]1n1cnc2c(N)ncnc21. The summed E-state index contributed by atoms with van der Waals surface area (Å²) in [5.41, 5.74) is 6.44. The number of aliphatic hydroxyl groups is 1. The molecule has 2 aromatic heterocycles. The second-order valence-electron chi connectivity index (χ2n) is 5.13. The Hall–Kier alpha value is -1.66. The van der Waals surface area contributed by atoms with Gasteiger partial charge in [0, 0.05) is 7.11 Å². The second kappa shape index (κ2) is 6.33. The summed E-state index contributed by atoms with van der Waals surface area (Å²) in [6.07, 6.45) is -2.56. The molecule has 0 bridgehead atoms. The van der Waals surface area contributed by atoms with E-state index in [2.05, 4.69) is 15.0 Å². The number of fused-ring (bicyclic) bond motifs is 1. The van der Waals surface area contributed by atoms with Crippen LogP contribution in [0.2, 0.25) is 0 Å². The highest BCUT2D eigenvalue weighted by Gasteiger charge is 2.47. The van der Waals surface area contributed by atoms with Crippen LogP contribution in [0.25, 0.3) is 11.2 Å². The molecule has 1 aliphatic heterocycles. The highest BCUT2D eigenvalue weighted by molar-refractivity contribution is 7.51. The summed E-state index contributed by atoms with van der Waals surface area (Å²) >= 11 is 0. The first-order chi connectivity index (χ1) is 11.3. The average Bonchev–Trinajstić information content (AvgIpc) is 3.06. The summed E-state index contributed by atoms with van der Waals surface area (Å²) in [5, 5.41) is 10.2. The van der Waals surface area contributed by atoms with E-state index in [1.54, 1.807) is 0 Å². The van der Waals surface area contributed by atoms with Gasteiger partial charge in [-0.05, 0) is 0 Å². The zero-order chi connectivity index (χ0) is 17.5. The van der Waals surface area contributed by atoms with E-state index in [4.69, 9.17) is 29.7 Å². The maximum atomic E-state index is 10.9. The Morgan fingerprint density at radius 1 is 1.42 bits per heavy atom. The van der Waals surface area contributed by atoms with Crippen molar-refractivity contribution in [1.29, 1.82) is 0 Å². The molecule has 12 nitrogen and oxygen atoms in total. The fourth-order valence-electron chi connectivity index (χ4n) is 2.46. The molecule has 0 radical (unpaired) electrons. The lowest BCUT2D eigenvalue weighted by atomic mass is 10.2. The number of nitrogen functional groups attached to an aromatic ring is 1. The molecule has 1 saturated heterocycles. The molecular formula is C11H16N5O7P. The van der Waals surface area contributed by atoms with Gasteiger partial charge in [-0.15, -0.1) is 0 Å². The molecule has 0 saturated carbocycles. The van der Waals surface area contributed by atoms with Crippen molar-refractivity contribution in [1.82, 2.24) is 19.5 Å². The standard InChI is InChI=1S/C11H16N5O7P/c1-21-7-6(17)11(22-4-24(18,19)20)23-10(7)16-3-15-5-8(12)13-2-14-9(5)16/h2-3,6-7,10-11,17H,4H2,1H3,(H2,12,13,14)(H2,18,19,20)/t6?,7-,10-,11+/m1/s1. The Balaban J connectivity index is 1.89. The van der Waals surface area contributed by atoms with E-state index >= 15 is 0 Å². The molecule has 1 aliphatic rings. The number of hydrogen-bond donors (Lipinski definition) is 4. The minimum absolute atomic E-state index is 0.181. The molecule has 1 unspecified atom stereocenters. The van der Waals surface area contributed by atoms with Gasteiger partial charge < -0.3 is 34.8 Å². The van der Waals surface area contributed by atoms with Gasteiger partial charge in [0.05, 0.1) is 6.33 Å². The molecule has 132 valence electrons. The van der Waals surface area contributed by atoms with Crippen LogP contribution >= 0.6 is 7.60 Å². The van der Waals surface area contributed by atoms with Crippen LogP contribution in [0, 0.1) is 0 Å². The van der Waals surface area contributed by atoms with Crippen LogP contribution in [-0.2, 0) is 18.8 Å². The highest BCUT2D eigenvalue weighted by atomic mass is 31.2. The molecule has 0 aliphatic carbocycles. The number of aliphatic hydroxyl groups excluding tert-OH is 1. The van der Waals surface area contributed by atoms with Gasteiger partial charge in [-0.3, -0.25) is 9.13 Å². The largest absolute Gasteiger partial charge is 0.385 e. The van der Waals surface area contributed by atoms with Crippen LogP contribution in [-0.4, -0.2) is 66.4 Å². The maximum Gasteiger partial charge on any atom is 0.351 e. The Labute approximate surface area is 135 Å². The van der Waals surface area contributed by atoms with Gasteiger partial charge in [0.15, 0.2) is 30.3 Å². The normalized spacial score (nSPS) is 27.8. The Kier molecular flexibility index (Phi) is 4.53. The Morgan fingerprint density at radius 2 is 2.17 bits per heavy atom. The maximum absolute atomic E-state index is 10.9. The van der Waals surface area contributed by atoms with E-state index in [1.165, 1.54) is 24.3 Å². The number of aromatic nitrogens is 4. The number of anilines is 1. The summed E-state index contributed by atoms with van der Waals surface area (Å²) in [5.74, 6) is 0.181. The molecule has 2 aromatic rings. The third kappa shape index (κ3) is 3.13. The van der Waals surface area contributed by atoms with Crippen LogP contribution in [0.1, 0.15) is 6.23 Å². The van der Waals surface area contributed by atoms with E-state index in [-0.39, 0.29) is 5.82 Å². The molecule has 0 amide bonds. The van der Waals surface area contributed by atoms with Crippen molar-refractivity contribution in [3.8, 4) is 0 Å². The van der Waals surface area contributed by atoms with Gasteiger partial charge >= 0.3 is 7.60 Å². The summed E-state index contributed by atoms with van der Waals surface area (Å²) < 4.78 is 28.1. The monoisotopic (exact) mass is 361 g/mol. The zero-order valence-electron chi connectivity index (χ0n) is 12.5. The van der Waals surface area contributed by atoms with Gasteiger partial charge in [0.2, 0.25) is 0 Å². The van der Waals surface area contributed by atoms with Crippen LogP contribution in [0.15, 0.2) is 12.7 Å². The summed E-state index contributed by atoms with van der Waals surface area (Å²) in [6, 6.07) is 0. The van der Waals surface area contributed by atoms with Gasteiger partial charge in [0.25, 0.3) is 0 Å². The van der Waals surface area contributed by atoms with Crippen LogP contribution < -0.4 is 5.73 Å². The first-order valence-electron chi connectivity index (χ1n) is 6.77. The van der Waals surface area contributed by atoms with Gasteiger partial charge in [-0.2, -0.15) is 0 Å². The number of nitrogens with zero attached hydrogens (tertiary/aromatic N) is 4. The second-order valence-corrected chi connectivity index (χ2v) is 6.72. The summed E-state index contributed by atoms with van der Waals surface area (Å²) in [4.78, 5) is 29.8. The number of hydrogen-bond acceptors (Lipinski definition) is 9. The number of rotatable bonds is 5. The number of methoxy groups -OCH3 is 1. The Morgan fingerprint density at radius 3 is 2.83 bits per heavy atom. The highest BCUT2D eigenvalue weighted by Crippen LogP contribution is 2.38. The van der Waals surface area contributed by atoms with Crippen molar-refractivity contribution in [3.63, 3.8) is 0 Å². The fraction of sp³-hybridized carbons (Fsp3) is 0.545. The zero-order valence-corrected chi connectivity index (χ0v) is 13.4. The molecule has 5 N–H and O–H groups in total. The van der Waals surface area contributed by atoms with E-state index in [1.807, 2.05) is 0 Å². The molecule has 3 heterocycles. The predicted octanol–water partition coefficient (Wildman–Crippen LogP) is -1.21. The van der Waals surface area contributed by atoms with Crippen molar-refractivity contribution in [2.75, 3.05) is 19.2 Å². The van der Waals surface area contributed by atoms with Crippen LogP contribution in [0.5, 0.6) is 0 Å². The van der Waals surface area contributed by atoms with Gasteiger partial charge in [-0.1, -0.05) is 0 Å². The van der Waals surface area contributed by atoms with Crippen molar-refractivity contribution in [2.45, 2.75) is 24.7 Å². The van der Waals surface area contributed by atoms with E-state index in [0.29, 0.717) is 11.2 Å². The average molecular weight is 361 g/mol. The van der Waals surface area contributed by atoms with Crippen LogP contribution in [0.4, 0.5) is 5.82 Å². The minimum atomic E-state index is -4.41. The first kappa shape index (κ1) is 17.2. The van der Waals surface area contributed by atoms with Crippen molar-refractivity contribution < 1.29 is 33.7 Å². The lowest BCUT2D eigenvalue weighted by molar-refractivity contribution is -0.167. The molecule has 13 heteroatoms. The predicted molar refractivity (Wildman–Crippen MR) is 78.4 cm³/mol. The topological polar surface area (TPSA) is 175 Å². The lowest BCUT2D eigenvalue weighted by Gasteiger charge is -2.19. The third-order valence-corrected chi connectivity index (χ3v) is 4.00. The molecule has 4 atom stereocenters. The molecule has 24 heavy (non-hydrogen) atoms. The number of nitrogens with two attached hydrogens (primary N) is 1. The minimum Gasteiger partial charge on any atom is -0.385 e. The van der Waals surface area contributed by atoms with E-state index < -0.39 is 38.7 Å². The van der Waals surface area contributed by atoms with Crippen molar-refractivity contribution in [2.24, 2.45) is 0 Å². The van der Waals surface area contributed by atoms with Crippen molar-refractivity contribution >= 4 is 24.6 Å². The Bertz CT molecular complexity index is 779. The number of ether oxygens (including phenoxy) is 3. The molecule has 3 rings (SSSR count). The molecule has 1 fully saturated rings. The lowest BCUT2D eigenvalue weighted by Crippen LogP contribution is -2.34. The van der Waals surface area contributed by atoms with Gasteiger partial charge in [-0.25, -0.2) is 15.0 Å². The van der Waals surface area contributed by atoms with Crippen molar-refractivity contribution in [3.05, 3.63) is 12.7 Å². The molecule has 0 aromatic carbocycles. The quantitative estimate of drug-likeness (QED) is 0.470. The molecular weight excluding hydrogens is 345 g/mol. The van der Waals surface area contributed by atoms with Crippen LogP contribution in [0.3, 0.4) is 0 Å². The molecule has 0 spiro atoms. The van der Waals surface area contributed by atoms with E-state index in [0.717, 1.165) is 0 Å². The smallest absolute Gasteiger partial charge is 0.351 e.